The van der Waals surface area contributed by atoms with Gasteiger partial charge in [-0.2, -0.15) is 0 Å². The van der Waals surface area contributed by atoms with E-state index in [0.29, 0.717) is 0 Å². The fraction of sp³-hybridized carbons (Fsp3) is 0.400. The number of aliphatic hydroxyl groups excluding tert-OH is 2. The van der Waals surface area contributed by atoms with Crippen LogP contribution in [-0.2, 0) is 26.3 Å². The third-order valence-electron chi connectivity index (χ3n) is 2.60. The van der Waals surface area contributed by atoms with Crippen molar-refractivity contribution in [3.8, 4) is 11.5 Å². The third-order valence-corrected chi connectivity index (χ3v) is 2.60. The summed E-state index contributed by atoms with van der Waals surface area (Å²) in [5, 5.41) is 37.9. The third kappa shape index (κ3) is 1.83. The second-order valence-electron chi connectivity index (χ2n) is 3.34. The van der Waals surface area contributed by atoms with Gasteiger partial charge in [-0.25, -0.2) is 0 Å². The fourth-order valence-corrected chi connectivity index (χ4v) is 1.72. The van der Waals surface area contributed by atoms with Crippen molar-refractivity contribution in [2.24, 2.45) is 11.5 Å². The van der Waals surface area contributed by atoms with E-state index in [-0.39, 0.29) is 46.8 Å². The van der Waals surface area contributed by atoms with Crippen LogP contribution in [0.4, 0.5) is 0 Å². The minimum Gasteiger partial charge on any atom is -0.507 e. The summed E-state index contributed by atoms with van der Waals surface area (Å²) in [7, 11) is 0. The first-order valence-corrected chi connectivity index (χ1v) is 4.81. The molecule has 16 heavy (non-hydrogen) atoms. The Balaban J connectivity index is 3.60. The summed E-state index contributed by atoms with van der Waals surface area (Å²) in [6.45, 7) is -1.00. The van der Waals surface area contributed by atoms with Crippen molar-refractivity contribution in [3.63, 3.8) is 0 Å². The van der Waals surface area contributed by atoms with Crippen LogP contribution in [0.3, 0.4) is 0 Å². The molecule has 0 bridgehead atoms. The molecule has 0 saturated heterocycles. The van der Waals surface area contributed by atoms with Crippen LogP contribution in [0, 0.1) is 0 Å². The Labute approximate surface area is 92.7 Å². The molecule has 0 aliphatic carbocycles. The highest BCUT2D eigenvalue weighted by Gasteiger charge is 2.20. The van der Waals surface area contributed by atoms with E-state index in [2.05, 4.69) is 0 Å². The van der Waals surface area contributed by atoms with Crippen molar-refractivity contribution in [1.82, 2.24) is 0 Å². The maximum absolute atomic E-state index is 9.82. The van der Waals surface area contributed by atoms with Crippen LogP contribution in [-0.4, -0.2) is 20.4 Å². The number of aromatic hydroxyl groups is 2. The van der Waals surface area contributed by atoms with Gasteiger partial charge in [0, 0.05) is 35.3 Å². The first kappa shape index (κ1) is 12.7. The molecule has 0 amide bonds. The zero-order valence-corrected chi connectivity index (χ0v) is 8.77. The number of aliphatic hydroxyl groups is 2. The predicted molar refractivity (Wildman–Crippen MR) is 57.4 cm³/mol. The first-order chi connectivity index (χ1) is 7.62. The van der Waals surface area contributed by atoms with E-state index in [4.69, 9.17) is 21.7 Å². The molecule has 0 heterocycles. The van der Waals surface area contributed by atoms with Crippen LogP contribution in [0.1, 0.15) is 22.3 Å². The van der Waals surface area contributed by atoms with Crippen molar-refractivity contribution in [2.75, 3.05) is 0 Å². The minimum atomic E-state index is -0.454. The van der Waals surface area contributed by atoms with Crippen molar-refractivity contribution in [2.45, 2.75) is 26.3 Å². The summed E-state index contributed by atoms with van der Waals surface area (Å²) in [5.41, 5.74) is 11.6. The van der Waals surface area contributed by atoms with Crippen LogP contribution < -0.4 is 11.5 Å². The Morgan fingerprint density at radius 1 is 0.688 bits per heavy atom. The molecule has 0 aliphatic heterocycles. The predicted octanol–water partition coefficient (Wildman–Crippen LogP) is -1.00. The molecule has 6 nitrogen and oxygen atoms in total. The van der Waals surface area contributed by atoms with Crippen molar-refractivity contribution in [1.29, 1.82) is 0 Å². The standard InChI is InChI=1S/C10H16N2O4/c11-1-5-7(3-13)10(16)6(2-12)8(4-14)9(5)15/h13-16H,1-4,11-12H2. The van der Waals surface area contributed by atoms with Gasteiger partial charge in [-0.3, -0.25) is 0 Å². The van der Waals surface area contributed by atoms with Crippen LogP contribution in [0.25, 0.3) is 0 Å². The number of nitrogens with two attached hydrogens (primary N) is 2. The van der Waals surface area contributed by atoms with Gasteiger partial charge in [0.1, 0.15) is 11.5 Å². The number of hydrogen-bond acceptors (Lipinski definition) is 6. The molecule has 0 fully saturated rings. The quantitative estimate of drug-likeness (QED) is 0.366. The smallest absolute Gasteiger partial charge is 0.126 e. The van der Waals surface area contributed by atoms with Crippen molar-refractivity contribution in [3.05, 3.63) is 22.3 Å². The van der Waals surface area contributed by atoms with Gasteiger partial charge in [-0.15, -0.1) is 0 Å². The number of hydrogen-bond donors (Lipinski definition) is 6. The van der Waals surface area contributed by atoms with Gasteiger partial charge in [0.25, 0.3) is 0 Å². The molecule has 1 aromatic rings. The van der Waals surface area contributed by atoms with Gasteiger partial charge in [0.05, 0.1) is 13.2 Å². The second kappa shape index (κ2) is 5.13. The summed E-state index contributed by atoms with van der Waals surface area (Å²) in [6.07, 6.45) is 0. The minimum absolute atomic E-state index is 0.0485. The van der Waals surface area contributed by atoms with Gasteiger partial charge < -0.3 is 31.9 Å². The topological polar surface area (TPSA) is 133 Å². The number of rotatable bonds is 4. The number of phenols is 2. The molecule has 8 N–H and O–H groups in total. The maximum atomic E-state index is 9.82. The molecule has 6 heteroatoms. The van der Waals surface area contributed by atoms with Crippen molar-refractivity contribution >= 4 is 0 Å². The molecule has 0 saturated carbocycles. The first-order valence-electron chi connectivity index (χ1n) is 4.81. The molecule has 0 aliphatic rings. The summed E-state index contributed by atoms with van der Waals surface area (Å²) in [4.78, 5) is 0. The highest BCUT2D eigenvalue weighted by molar-refractivity contribution is 5.57. The van der Waals surface area contributed by atoms with Crippen LogP contribution >= 0.6 is 0 Å². The maximum Gasteiger partial charge on any atom is 0.126 e. The zero-order valence-electron chi connectivity index (χ0n) is 8.77. The van der Waals surface area contributed by atoms with Gasteiger partial charge >= 0.3 is 0 Å². The molecular formula is C10H16N2O4. The highest BCUT2D eigenvalue weighted by Crippen LogP contribution is 2.37. The Morgan fingerprint density at radius 2 is 1.00 bits per heavy atom. The fourth-order valence-electron chi connectivity index (χ4n) is 1.72. The largest absolute Gasteiger partial charge is 0.507 e. The summed E-state index contributed by atoms with van der Waals surface area (Å²) in [6, 6.07) is 0. The highest BCUT2D eigenvalue weighted by atomic mass is 16.3. The Hall–Kier alpha value is -1.34. The van der Waals surface area contributed by atoms with Crippen LogP contribution in [0.15, 0.2) is 0 Å². The van der Waals surface area contributed by atoms with Crippen molar-refractivity contribution < 1.29 is 20.4 Å². The van der Waals surface area contributed by atoms with Gasteiger partial charge in [0.2, 0.25) is 0 Å². The molecule has 0 aromatic heterocycles. The molecule has 1 rings (SSSR count). The van der Waals surface area contributed by atoms with Crippen LogP contribution in [0.2, 0.25) is 0 Å². The van der Waals surface area contributed by atoms with E-state index in [1.54, 1.807) is 0 Å². The Kier molecular flexibility index (Phi) is 4.08. The normalized spacial score (nSPS) is 10.8. The van der Waals surface area contributed by atoms with E-state index in [9.17, 15) is 10.2 Å². The van der Waals surface area contributed by atoms with E-state index < -0.39 is 13.2 Å². The number of benzene rings is 1. The summed E-state index contributed by atoms with van der Waals surface area (Å²) >= 11 is 0. The SMILES string of the molecule is NCc1c(O)c(CO)c(CN)c(O)c1CO. The Morgan fingerprint density at radius 3 is 1.19 bits per heavy atom. The van der Waals surface area contributed by atoms with E-state index >= 15 is 0 Å². The lowest BCUT2D eigenvalue weighted by Gasteiger charge is -2.17. The van der Waals surface area contributed by atoms with Crippen LogP contribution in [0.5, 0.6) is 11.5 Å². The molecule has 90 valence electrons. The zero-order chi connectivity index (χ0) is 12.3. The van der Waals surface area contributed by atoms with Gasteiger partial charge in [-0.05, 0) is 0 Å². The van der Waals surface area contributed by atoms with Gasteiger partial charge in [-0.1, -0.05) is 0 Å². The Bertz CT molecular complexity index is 323. The molecule has 0 spiro atoms. The average Bonchev–Trinajstić information content (AvgIpc) is 2.30. The summed E-state index contributed by atoms with van der Waals surface area (Å²) < 4.78 is 0. The lowest BCUT2D eigenvalue weighted by Crippen LogP contribution is -2.10. The monoisotopic (exact) mass is 228 g/mol. The lowest BCUT2D eigenvalue weighted by atomic mass is 9.95. The van der Waals surface area contributed by atoms with E-state index in [1.807, 2.05) is 0 Å². The molecule has 0 atom stereocenters. The average molecular weight is 228 g/mol. The molecule has 0 unspecified atom stereocenters. The summed E-state index contributed by atoms with van der Waals surface area (Å²) in [5.74, 6) is -0.431. The lowest BCUT2D eigenvalue weighted by molar-refractivity contribution is 0.263. The molecular weight excluding hydrogens is 212 g/mol. The van der Waals surface area contributed by atoms with E-state index in [0.717, 1.165) is 0 Å². The molecule has 1 aromatic carbocycles. The van der Waals surface area contributed by atoms with E-state index in [1.165, 1.54) is 0 Å². The molecule has 0 radical (unpaired) electrons. The van der Waals surface area contributed by atoms with Gasteiger partial charge in [0.15, 0.2) is 0 Å². The second-order valence-corrected chi connectivity index (χ2v) is 3.34.